The molecule has 5 rings (SSSR count). The number of benzene rings is 2. The number of hydrogen-bond acceptors (Lipinski definition) is 5. The van der Waals surface area contributed by atoms with Crippen LogP contribution < -0.4 is 5.32 Å². The topological polar surface area (TPSA) is 78.9 Å². The van der Waals surface area contributed by atoms with E-state index in [1.165, 1.54) is 60.8 Å². The molecule has 0 radical (unpaired) electrons. The predicted molar refractivity (Wildman–Crippen MR) is 163 cm³/mol. The number of ether oxygens (including phenoxy) is 1. The molecule has 7 nitrogen and oxygen atoms in total. The summed E-state index contributed by atoms with van der Waals surface area (Å²) in [5.41, 5.74) is 1.43. The summed E-state index contributed by atoms with van der Waals surface area (Å²) in [5, 5.41) is 3.26. The molecule has 2 aromatic rings. The second-order valence-corrected chi connectivity index (χ2v) is 14.6. The Labute approximate surface area is 258 Å². The lowest BCUT2D eigenvalue weighted by Gasteiger charge is -2.39. The van der Waals surface area contributed by atoms with Gasteiger partial charge in [0.2, 0.25) is 15.9 Å². The Morgan fingerprint density at radius 2 is 1.61 bits per heavy atom. The lowest BCUT2D eigenvalue weighted by atomic mass is 9.76. The van der Waals surface area contributed by atoms with Gasteiger partial charge in [-0.1, -0.05) is 65.1 Å². The SMILES string of the molecule is O=C(COC1CCN(S(=O)(=O)c2c(Cl)cc(Cl)cc2Cl)C1)NCC1CCC(C(c2ccccc2)N2CCCC2)CC1. The lowest BCUT2D eigenvalue weighted by Crippen LogP contribution is -2.37. The van der Waals surface area contributed by atoms with Crippen LogP contribution in [0.15, 0.2) is 47.4 Å². The Morgan fingerprint density at radius 1 is 0.951 bits per heavy atom. The zero-order valence-corrected chi connectivity index (χ0v) is 26.2. The Bertz CT molecular complexity index is 1280. The molecular weight excluding hydrogens is 605 g/mol. The fourth-order valence-corrected chi connectivity index (χ4v) is 9.60. The predicted octanol–water partition coefficient (Wildman–Crippen LogP) is 6.19. The quantitative estimate of drug-likeness (QED) is 0.335. The lowest BCUT2D eigenvalue weighted by molar-refractivity contribution is -0.127. The van der Waals surface area contributed by atoms with Crippen LogP contribution in [0.2, 0.25) is 15.1 Å². The fourth-order valence-electron chi connectivity index (χ4n) is 6.62. The van der Waals surface area contributed by atoms with Gasteiger partial charge in [-0.05, 0) is 87.6 Å². The molecule has 41 heavy (non-hydrogen) atoms. The van der Waals surface area contributed by atoms with Crippen molar-refractivity contribution in [3.63, 3.8) is 0 Å². The normalized spacial score (nSPS) is 24.9. The minimum atomic E-state index is -3.92. The first-order valence-electron chi connectivity index (χ1n) is 14.5. The summed E-state index contributed by atoms with van der Waals surface area (Å²) < 4.78 is 33.4. The third-order valence-corrected chi connectivity index (χ3v) is 11.7. The molecule has 224 valence electrons. The van der Waals surface area contributed by atoms with Gasteiger partial charge in [-0.25, -0.2) is 8.42 Å². The number of rotatable bonds is 10. The van der Waals surface area contributed by atoms with Crippen LogP contribution in [-0.4, -0.2) is 69.0 Å². The van der Waals surface area contributed by atoms with E-state index in [1.54, 1.807) is 0 Å². The number of amides is 1. The number of nitrogens with zero attached hydrogens (tertiary/aromatic N) is 2. The van der Waals surface area contributed by atoms with Crippen molar-refractivity contribution in [3.05, 3.63) is 63.1 Å². The first kappa shape index (κ1) is 31.0. The number of carbonyl (C=O) groups excluding carboxylic acids is 1. The van der Waals surface area contributed by atoms with Gasteiger partial charge < -0.3 is 10.1 Å². The second-order valence-electron chi connectivity index (χ2n) is 11.5. The molecule has 0 aromatic heterocycles. The Morgan fingerprint density at radius 3 is 2.27 bits per heavy atom. The highest BCUT2D eigenvalue weighted by Gasteiger charge is 2.36. The number of nitrogens with one attached hydrogen (secondary N) is 1. The zero-order chi connectivity index (χ0) is 29.0. The van der Waals surface area contributed by atoms with Crippen LogP contribution in [0.25, 0.3) is 0 Å². The molecule has 2 aliphatic heterocycles. The van der Waals surface area contributed by atoms with Crippen LogP contribution in [0.4, 0.5) is 0 Å². The smallest absolute Gasteiger partial charge is 0.246 e. The Kier molecular flexibility index (Phi) is 10.6. The summed E-state index contributed by atoms with van der Waals surface area (Å²) in [6, 6.07) is 14.1. The van der Waals surface area contributed by atoms with E-state index in [4.69, 9.17) is 39.5 Å². The van der Waals surface area contributed by atoms with E-state index in [2.05, 4.69) is 40.5 Å². The molecule has 1 N–H and O–H groups in total. The molecule has 1 aliphatic carbocycles. The van der Waals surface area contributed by atoms with Crippen LogP contribution >= 0.6 is 34.8 Å². The fraction of sp³-hybridized carbons (Fsp3) is 0.567. The second kappa shape index (κ2) is 13.9. The Balaban J connectivity index is 1.05. The van der Waals surface area contributed by atoms with Crippen molar-refractivity contribution in [1.82, 2.24) is 14.5 Å². The third-order valence-electron chi connectivity index (χ3n) is 8.72. The molecule has 1 amide bonds. The van der Waals surface area contributed by atoms with E-state index in [1.807, 2.05) is 0 Å². The van der Waals surface area contributed by atoms with Crippen molar-refractivity contribution in [1.29, 1.82) is 0 Å². The molecule has 2 aromatic carbocycles. The average Bonchev–Trinajstić information content (AvgIpc) is 3.65. The van der Waals surface area contributed by atoms with Crippen LogP contribution in [0, 0.1) is 11.8 Å². The van der Waals surface area contributed by atoms with Gasteiger partial charge in [-0.15, -0.1) is 0 Å². The van der Waals surface area contributed by atoms with E-state index >= 15 is 0 Å². The minimum absolute atomic E-state index is 0.0214. The van der Waals surface area contributed by atoms with Gasteiger partial charge in [0.1, 0.15) is 11.5 Å². The molecule has 11 heteroatoms. The number of sulfonamides is 1. The summed E-state index contributed by atoms with van der Waals surface area (Å²) >= 11 is 18.2. The molecule has 0 bridgehead atoms. The maximum Gasteiger partial charge on any atom is 0.246 e. The van der Waals surface area contributed by atoms with E-state index in [0.717, 1.165) is 12.8 Å². The highest BCUT2D eigenvalue weighted by Crippen LogP contribution is 2.41. The summed E-state index contributed by atoms with van der Waals surface area (Å²) in [4.78, 5) is 15.1. The molecule has 3 fully saturated rings. The minimum Gasteiger partial charge on any atom is -0.367 e. The molecule has 2 heterocycles. The molecule has 2 atom stereocenters. The van der Waals surface area contributed by atoms with E-state index in [-0.39, 0.29) is 51.7 Å². The van der Waals surface area contributed by atoms with Crippen LogP contribution in [0.1, 0.15) is 56.6 Å². The molecule has 3 aliphatic rings. The monoisotopic (exact) mass is 641 g/mol. The molecule has 1 saturated carbocycles. The molecule has 2 saturated heterocycles. The number of likely N-dealkylation sites (tertiary alicyclic amines) is 1. The zero-order valence-electron chi connectivity index (χ0n) is 23.1. The summed E-state index contributed by atoms with van der Waals surface area (Å²) in [6.45, 7) is 3.31. The number of hydrogen-bond donors (Lipinski definition) is 1. The van der Waals surface area contributed by atoms with Crippen molar-refractivity contribution in [2.24, 2.45) is 11.8 Å². The number of halogens is 3. The van der Waals surface area contributed by atoms with E-state index < -0.39 is 10.0 Å². The molecule has 0 spiro atoms. The van der Waals surface area contributed by atoms with Gasteiger partial charge in [-0.2, -0.15) is 4.31 Å². The van der Waals surface area contributed by atoms with Gasteiger partial charge in [-0.3, -0.25) is 9.69 Å². The van der Waals surface area contributed by atoms with Gasteiger partial charge in [0, 0.05) is 30.7 Å². The van der Waals surface area contributed by atoms with E-state index in [0.29, 0.717) is 30.8 Å². The maximum absolute atomic E-state index is 13.1. The highest BCUT2D eigenvalue weighted by molar-refractivity contribution is 7.89. The van der Waals surface area contributed by atoms with Crippen molar-refractivity contribution in [2.75, 3.05) is 39.3 Å². The van der Waals surface area contributed by atoms with Gasteiger partial charge in [0.15, 0.2) is 0 Å². The van der Waals surface area contributed by atoms with Crippen molar-refractivity contribution in [3.8, 4) is 0 Å². The Hall–Kier alpha value is -1.39. The van der Waals surface area contributed by atoms with Crippen LogP contribution in [0.3, 0.4) is 0 Å². The largest absolute Gasteiger partial charge is 0.367 e. The first-order valence-corrected chi connectivity index (χ1v) is 17.1. The highest BCUT2D eigenvalue weighted by atomic mass is 35.5. The maximum atomic E-state index is 13.1. The number of carbonyl (C=O) groups is 1. The van der Waals surface area contributed by atoms with Gasteiger partial charge >= 0.3 is 0 Å². The summed E-state index contributed by atoms with van der Waals surface area (Å²) in [7, 11) is -3.92. The molecule has 2 unspecified atom stereocenters. The van der Waals surface area contributed by atoms with Gasteiger partial charge in [0.05, 0.1) is 16.1 Å². The third kappa shape index (κ3) is 7.58. The first-order chi connectivity index (χ1) is 19.7. The van der Waals surface area contributed by atoms with Crippen molar-refractivity contribution >= 4 is 50.7 Å². The van der Waals surface area contributed by atoms with Crippen molar-refractivity contribution < 1.29 is 17.9 Å². The van der Waals surface area contributed by atoms with Crippen LogP contribution in [0.5, 0.6) is 0 Å². The average molecular weight is 643 g/mol. The van der Waals surface area contributed by atoms with Gasteiger partial charge in [0.25, 0.3) is 0 Å². The van der Waals surface area contributed by atoms with E-state index in [9.17, 15) is 13.2 Å². The standard InChI is InChI=1S/C30H38Cl3N3O4S/c31-24-16-26(32)30(27(33)17-24)41(38,39)36-15-12-25(19-36)40-20-28(37)34-18-21-8-10-23(11-9-21)29(35-13-4-5-14-35)22-6-2-1-3-7-22/h1-3,6-7,16-17,21,23,25,29H,4-5,8-15,18-20H2,(H,34,37). The molecular formula is C30H38Cl3N3O4S. The van der Waals surface area contributed by atoms with Crippen LogP contribution in [-0.2, 0) is 19.6 Å². The summed E-state index contributed by atoms with van der Waals surface area (Å²) in [5.74, 6) is 0.938. The van der Waals surface area contributed by atoms with Crippen molar-refractivity contribution in [2.45, 2.75) is 62.0 Å². The summed E-state index contributed by atoms with van der Waals surface area (Å²) in [6.07, 6.45) is 7.22.